The first-order chi connectivity index (χ1) is 9.86. The third-order valence-corrected chi connectivity index (χ3v) is 4.26. The van der Waals surface area contributed by atoms with Gasteiger partial charge in [-0.3, -0.25) is 9.80 Å². The first kappa shape index (κ1) is 14.0. The average molecular weight is 280 g/mol. The van der Waals surface area contributed by atoms with Crippen LogP contribution >= 0.6 is 0 Å². The molecule has 0 aromatic carbocycles. The Kier molecular flexibility index (Phi) is 4.65. The zero-order valence-electron chi connectivity index (χ0n) is 12.3. The molecule has 0 bridgehead atoms. The van der Waals surface area contributed by atoms with Crippen molar-refractivity contribution in [1.29, 1.82) is 0 Å². The molecule has 6 nitrogen and oxygen atoms in total. The highest BCUT2D eigenvalue weighted by atomic mass is 16.5. The summed E-state index contributed by atoms with van der Waals surface area (Å²) in [6, 6.07) is 0.347. The first-order valence-corrected chi connectivity index (χ1v) is 7.73. The van der Waals surface area contributed by atoms with Crippen LogP contribution in [0.3, 0.4) is 0 Å². The fourth-order valence-corrected chi connectivity index (χ4v) is 3.03. The topological polar surface area (TPSA) is 54.6 Å². The van der Waals surface area contributed by atoms with Crippen LogP contribution in [0.2, 0.25) is 0 Å². The van der Waals surface area contributed by atoms with E-state index in [1.54, 1.807) is 0 Å². The second-order valence-corrected chi connectivity index (χ2v) is 5.55. The summed E-state index contributed by atoms with van der Waals surface area (Å²) in [5.74, 6) is 1.63. The van der Waals surface area contributed by atoms with Gasteiger partial charge in [0, 0.05) is 32.6 Å². The molecule has 0 N–H and O–H groups in total. The van der Waals surface area contributed by atoms with Gasteiger partial charge in [-0.2, -0.15) is 4.98 Å². The largest absolute Gasteiger partial charge is 0.379 e. The number of hydrogen-bond acceptors (Lipinski definition) is 6. The Balaban J connectivity index is 1.54. The number of likely N-dealkylation sites (tertiary alicyclic amines) is 1. The van der Waals surface area contributed by atoms with Crippen LogP contribution in [0.15, 0.2) is 4.52 Å². The molecule has 0 spiro atoms. The van der Waals surface area contributed by atoms with Gasteiger partial charge in [-0.05, 0) is 19.4 Å². The third-order valence-electron chi connectivity index (χ3n) is 4.26. The van der Waals surface area contributed by atoms with Crippen LogP contribution in [0.4, 0.5) is 0 Å². The Morgan fingerprint density at radius 1 is 1.20 bits per heavy atom. The molecule has 1 aromatic rings. The fraction of sp³-hybridized carbons (Fsp3) is 0.857. The number of ether oxygens (including phenoxy) is 1. The molecule has 20 heavy (non-hydrogen) atoms. The second kappa shape index (κ2) is 6.65. The third kappa shape index (κ3) is 3.19. The summed E-state index contributed by atoms with van der Waals surface area (Å²) in [6.07, 6.45) is 3.18. The molecule has 1 unspecified atom stereocenters. The summed E-state index contributed by atoms with van der Waals surface area (Å²) >= 11 is 0. The molecule has 3 heterocycles. The quantitative estimate of drug-likeness (QED) is 0.805. The minimum absolute atomic E-state index is 0.347. The molecular formula is C14H24N4O2. The summed E-state index contributed by atoms with van der Waals surface area (Å²) in [7, 11) is 0. The lowest BCUT2D eigenvalue weighted by Crippen LogP contribution is -2.41. The summed E-state index contributed by atoms with van der Waals surface area (Å²) < 4.78 is 10.6. The van der Waals surface area contributed by atoms with Gasteiger partial charge < -0.3 is 9.26 Å². The zero-order valence-corrected chi connectivity index (χ0v) is 12.3. The van der Waals surface area contributed by atoms with E-state index in [1.807, 2.05) is 6.92 Å². The van der Waals surface area contributed by atoms with Crippen molar-refractivity contribution in [3.63, 3.8) is 0 Å². The highest BCUT2D eigenvalue weighted by Gasteiger charge is 2.30. The van der Waals surface area contributed by atoms with Gasteiger partial charge >= 0.3 is 0 Å². The van der Waals surface area contributed by atoms with Crippen LogP contribution in [0.1, 0.15) is 37.5 Å². The number of nitrogens with zero attached hydrogens (tertiary/aromatic N) is 4. The van der Waals surface area contributed by atoms with Gasteiger partial charge in [0.1, 0.15) is 0 Å². The number of aryl methyl sites for hydroxylation is 1. The van der Waals surface area contributed by atoms with E-state index in [1.165, 1.54) is 6.42 Å². The van der Waals surface area contributed by atoms with Crippen LogP contribution < -0.4 is 0 Å². The van der Waals surface area contributed by atoms with Crippen LogP contribution in [-0.4, -0.2) is 65.9 Å². The van der Waals surface area contributed by atoms with Gasteiger partial charge in [-0.15, -0.1) is 0 Å². The number of morpholine rings is 1. The maximum absolute atomic E-state index is 5.39. The van der Waals surface area contributed by atoms with E-state index in [2.05, 4.69) is 19.9 Å². The molecular weight excluding hydrogens is 256 g/mol. The summed E-state index contributed by atoms with van der Waals surface area (Å²) in [6.45, 7) is 9.23. The molecule has 2 fully saturated rings. The van der Waals surface area contributed by atoms with Gasteiger partial charge in [0.2, 0.25) is 5.89 Å². The lowest BCUT2D eigenvalue weighted by atomic mass is 10.2. The van der Waals surface area contributed by atoms with Gasteiger partial charge in [-0.1, -0.05) is 12.1 Å². The van der Waals surface area contributed by atoms with Crippen molar-refractivity contribution in [1.82, 2.24) is 19.9 Å². The lowest BCUT2D eigenvalue weighted by Gasteiger charge is -2.30. The van der Waals surface area contributed by atoms with E-state index in [-0.39, 0.29) is 0 Å². The Hall–Kier alpha value is -0.980. The van der Waals surface area contributed by atoms with Gasteiger partial charge in [-0.25, -0.2) is 0 Å². The molecule has 2 aliphatic heterocycles. The minimum atomic E-state index is 0.347. The fourth-order valence-electron chi connectivity index (χ4n) is 3.03. The monoisotopic (exact) mass is 280 g/mol. The summed E-state index contributed by atoms with van der Waals surface area (Å²) in [5.41, 5.74) is 0. The predicted molar refractivity (Wildman–Crippen MR) is 74.5 cm³/mol. The number of rotatable bonds is 5. The molecule has 112 valence electrons. The van der Waals surface area contributed by atoms with Gasteiger partial charge in [0.05, 0.1) is 19.3 Å². The van der Waals surface area contributed by atoms with E-state index >= 15 is 0 Å². The van der Waals surface area contributed by atoms with Crippen molar-refractivity contribution in [2.75, 3.05) is 45.9 Å². The van der Waals surface area contributed by atoms with Crippen LogP contribution in [0.25, 0.3) is 0 Å². The Bertz CT molecular complexity index is 417. The molecule has 1 aromatic heterocycles. The summed E-state index contributed by atoms with van der Waals surface area (Å²) in [4.78, 5) is 9.48. The zero-order chi connectivity index (χ0) is 13.8. The molecule has 2 saturated heterocycles. The maximum Gasteiger partial charge on any atom is 0.226 e. The SMILES string of the molecule is CCc1nc(C2CCCN2CCN2CCOCC2)no1. The van der Waals surface area contributed by atoms with Crippen LogP contribution in [-0.2, 0) is 11.2 Å². The lowest BCUT2D eigenvalue weighted by molar-refractivity contribution is 0.0324. The number of aromatic nitrogens is 2. The predicted octanol–water partition coefficient (Wildman–Crippen LogP) is 1.10. The van der Waals surface area contributed by atoms with Crippen molar-refractivity contribution < 1.29 is 9.26 Å². The smallest absolute Gasteiger partial charge is 0.226 e. The van der Waals surface area contributed by atoms with E-state index < -0.39 is 0 Å². The Morgan fingerprint density at radius 3 is 2.80 bits per heavy atom. The normalized spacial score (nSPS) is 25.4. The molecule has 6 heteroatoms. The molecule has 3 rings (SSSR count). The van der Waals surface area contributed by atoms with Crippen molar-refractivity contribution in [3.8, 4) is 0 Å². The Labute approximate surface area is 120 Å². The molecule has 2 aliphatic rings. The maximum atomic E-state index is 5.39. The Morgan fingerprint density at radius 2 is 2.05 bits per heavy atom. The molecule has 1 atom stereocenters. The van der Waals surface area contributed by atoms with Gasteiger partial charge in [0.25, 0.3) is 0 Å². The van der Waals surface area contributed by atoms with Gasteiger partial charge in [0.15, 0.2) is 5.82 Å². The molecule has 0 radical (unpaired) electrons. The first-order valence-electron chi connectivity index (χ1n) is 7.73. The standard InChI is InChI=1S/C14H24N4O2/c1-2-13-15-14(16-20-13)12-4-3-5-18(12)7-6-17-8-10-19-11-9-17/h12H,2-11H2,1H3. The van der Waals surface area contributed by atoms with Crippen molar-refractivity contribution in [2.24, 2.45) is 0 Å². The van der Waals surface area contributed by atoms with E-state index in [9.17, 15) is 0 Å². The molecule has 0 saturated carbocycles. The highest BCUT2D eigenvalue weighted by molar-refractivity contribution is 4.98. The summed E-state index contributed by atoms with van der Waals surface area (Å²) in [5, 5.41) is 4.15. The van der Waals surface area contributed by atoms with E-state index in [0.717, 1.165) is 70.5 Å². The van der Waals surface area contributed by atoms with E-state index in [4.69, 9.17) is 9.26 Å². The van der Waals surface area contributed by atoms with Crippen molar-refractivity contribution >= 4 is 0 Å². The van der Waals surface area contributed by atoms with Crippen molar-refractivity contribution in [3.05, 3.63) is 11.7 Å². The second-order valence-electron chi connectivity index (χ2n) is 5.55. The van der Waals surface area contributed by atoms with Crippen LogP contribution in [0, 0.1) is 0 Å². The average Bonchev–Trinajstić information content (AvgIpc) is 3.14. The molecule has 0 amide bonds. The van der Waals surface area contributed by atoms with E-state index in [0.29, 0.717) is 6.04 Å². The highest BCUT2D eigenvalue weighted by Crippen LogP contribution is 2.29. The molecule has 0 aliphatic carbocycles. The minimum Gasteiger partial charge on any atom is -0.379 e. The van der Waals surface area contributed by atoms with Crippen LogP contribution in [0.5, 0.6) is 0 Å². The number of hydrogen-bond donors (Lipinski definition) is 0. The van der Waals surface area contributed by atoms with Crippen molar-refractivity contribution in [2.45, 2.75) is 32.2 Å².